The van der Waals surface area contributed by atoms with Crippen molar-refractivity contribution in [1.29, 1.82) is 0 Å². The van der Waals surface area contributed by atoms with Crippen LogP contribution in [0.1, 0.15) is 38.8 Å². The molecule has 1 atom stereocenters. The second-order valence-corrected chi connectivity index (χ2v) is 13.0. The van der Waals surface area contributed by atoms with Crippen LogP contribution in [0.25, 0.3) is 0 Å². The van der Waals surface area contributed by atoms with Crippen LogP contribution in [-0.4, -0.2) is 43.3 Å². The number of hydrogen-bond donors (Lipinski definition) is 1. The van der Waals surface area contributed by atoms with E-state index >= 15 is 0 Å². The van der Waals surface area contributed by atoms with Gasteiger partial charge in [-0.05, 0) is 82.1 Å². The van der Waals surface area contributed by atoms with Gasteiger partial charge in [0.2, 0.25) is 11.8 Å². The maximum absolute atomic E-state index is 14.0. The van der Waals surface area contributed by atoms with Crippen molar-refractivity contribution < 1.29 is 18.0 Å². The molecular formula is C29H33Cl2N3O4S. The molecule has 1 N–H and O–H groups in total. The molecule has 0 radical (unpaired) electrons. The highest BCUT2D eigenvalue weighted by atomic mass is 35.5. The number of carbonyl (C=O) groups excluding carboxylic acids is 2. The molecule has 3 aromatic rings. The zero-order valence-electron chi connectivity index (χ0n) is 22.6. The Kier molecular flexibility index (Phi) is 9.69. The summed E-state index contributed by atoms with van der Waals surface area (Å²) in [6.45, 7) is 8.33. The van der Waals surface area contributed by atoms with Crippen molar-refractivity contribution in [3.8, 4) is 0 Å². The molecule has 3 rings (SSSR count). The van der Waals surface area contributed by atoms with Gasteiger partial charge in [-0.15, -0.1) is 0 Å². The highest BCUT2D eigenvalue weighted by Gasteiger charge is 2.34. The van der Waals surface area contributed by atoms with Crippen LogP contribution < -0.4 is 9.62 Å². The molecule has 0 heterocycles. The normalized spacial score (nSPS) is 12.5. The molecule has 2 amide bonds. The molecule has 39 heavy (non-hydrogen) atoms. The van der Waals surface area contributed by atoms with Crippen LogP contribution in [0.4, 0.5) is 5.69 Å². The number of hydrogen-bond acceptors (Lipinski definition) is 4. The third-order valence-corrected chi connectivity index (χ3v) is 8.38. The molecule has 0 fully saturated rings. The van der Waals surface area contributed by atoms with Gasteiger partial charge in [0.15, 0.2) is 0 Å². The first-order valence-electron chi connectivity index (χ1n) is 12.4. The van der Waals surface area contributed by atoms with Crippen LogP contribution in [-0.2, 0) is 26.2 Å². The molecular weight excluding hydrogens is 557 g/mol. The fourth-order valence-corrected chi connectivity index (χ4v) is 5.92. The topological polar surface area (TPSA) is 86.8 Å². The molecule has 0 aliphatic carbocycles. The monoisotopic (exact) mass is 589 g/mol. The minimum Gasteiger partial charge on any atom is -0.350 e. The van der Waals surface area contributed by atoms with Crippen LogP contribution in [0, 0.1) is 6.92 Å². The number of sulfonamides is 1. The third-order valence-electron chi connectivity index (χ3n) is 6.00. The number of carbonyl (C=O) groups is 2. The highest BCUT2D eigenvalue weighted by molar-refractivity contribution is 7.92. The van der Waals surface area contributed by atoms with Gasteiger partial charge in [0.05, 0.1) is 10.6 Å². The number of amides is 2. The molecule has 208 valence electrons. The fraction of sp³-hybridized carbons (Fsp3) is 0.310. The Balaban J connectivity index is 2.07. The molecule has 7 nitrogen and oxygen atoms in total. The minimum absolute atomic E-state index is 0.00998. The van der Waals surface area contributed by atoms with E-state index in [0.717, 1.165) is 4.31 Å². The Morgan fingerprint density at radius 1 is 0.949 bits per heavy atom. The van der Waals surface area contributed by atoms with Crippen molar-refractivity contribution in [2.45, 2.75) is 57.6 Å². The van der Waals surface area contributed by atoms with E-state index in [9.17, 15) is 18.0 Å². The Hall–Kier alpha value is -3.07. The van der Waals surface area contributed by atoms with Crippen molar-refractivity contribution >= 4 is 50.7 Å². The SMILES string of the molecule is Cc1cc(Cl)ccc1N(CC(=O)N(Cc1ccccc1Cl)[C@H](C)C(=O)NC(C)(C)C)S(=O)(=O)c1ccccc1. The van der Waals surface area contributed by atoms with E-state index in [0.29, 0.717) is 26.9 Å². The largest absolute Gasteiger partial charge is 0.350 e. The average Bonchev–Trinajstić information content (AvgIpc) is 2.86. The van der Waals surface area contributed by atoms with Gasteiger partial charge in [0.1, 0.15) is 12.6 Å². The van der Waals surface area contributed by atoms with E-state index in [2.05, 4.69) is 5.32 Å². The Bertz CT molecular complexity index is 1440. The first-order chi connectivity index (χ1) is 18.2. The van der Waals surface area contributed by atoms with Crippen LogP contribution in [0.2, 0.25) is 10.0 Å². The summed E-state index contributed by atoms with van der Waals surface area (Å²) in [6, 6.07) is 18.8. The lowest BCUT2D eigenvalue weighted by molar-refractivity contribution is -0.140. The van der Waals surface area contributed by atoms with E-state index in [1.165, 1.54) is 17.0 Å². The summed E-state index contributed by atoms with van der Waals surface area (Å²) < 4.78 is 28.8. The molecule has 0 saturated heterocycles. The van der Waals surface area contributed by atoms with Gasteiger partial charge >= 0.3 is 0 Å². The van der Waals surface area contributed by atoms with Crippen LogP contribution in [0.5, 0.6) is 0 Å². The number of nitrogens with zero attached hydrogens (tertiary/aromatic N) is 2. The summed E-state index contributed by atoms with van der Waals surface area (Å²) in [5.74, 6) is -0.941. The van der Waals surface area contributed by atoms with Crippen LogP contribution in [0.3, 0.4) is 0 Å². The summed E-state index contributed by atoms with van der Waals surface area (Å²) in [6.07, 6.45) is 0. The second-order valence-electron chi connectivity index (χ2n) is 10.3. The van der Waals surface area contributed by atoms with Crippen molar-refractivity contribution in [3.05, 3.63) is 94.0 Å². The second kappa shape index (κ2) is 12.4. The third kappa shape index (κ3) is 7.75. The number of nitrogens with one attached hydrogen (secondary N) is 1. The minimum atomic E-state index is -4.16. The van der Waals surface area contributed by atoms with Gasteiger partial charge in [-0.3, -0.25) is 13.9 Å². The first kappa shape index (κ1) is 30.5. The zero-order valence-corrected chi connectivity index (χ0v) is 24.9. The summed E-state index contributed by atoms with van der Waals surface area (Å²) in [5, 5.41) is 3.77. The summed E-state index contributed by atoms with van der Waals surface area (Å²) in [5.41, 5.74) is 0.975. The Morgan fingerprint density at radius 2 is 1.56 bits per heavy atom. The van der Waals surface area contributed by atoms with E-state index < -0.39 is 34.1 Å². The predicted molar refractivity (Wildman–Crippen MR) is 157 cm³/mol. The maximum atomic E-state index is 14.0. The standard InChI is InChI=1S/C29H33Cl2N3O4S/c1-20-17-23(30)15-16-26(20)34(39(37,38)24-12-7-6-8-13-24)19-27(35)33(18-22-11-9-10-14-25(22)31)21(2)28(36)32-29(3,4)5/h6-17,21H,18-19H2,1-5H3,(H,32,36)/t21-/m1/s1. The molecule has 0 spiro atoms. The van der Waals surface area contributed by atoms with Gasteiger partial charge in [-0.1, -0.05) is 59.6 Å². The van der Waals surface area contributed by atoms with E-state index in [1.807, 2.05) is 20.8 Å². The summed E-state index contributed by atoms with van der Waals surface area (Å²) >= 11 is 12.5. The highest BCUT2D eigenvalue weighted by Crippen LogP contribution is 2.29. The van der Waals surface area contributed by atoms with E-state index in [1.54, 1.807) is 74.5 Å². The lowest BCUT2D eigenvalue weighted by atomic mass is 10.1. The van der Waals surface area contributed by atoms with Gasteiger partial charge < -0.3 is 10.2 Å². The molecule has 0 aliphatic rings. The molecule has 0 saturated carbocycles. The number of rotatable bonds is 9. The molecule has 0 unspecified atom stereocenters. The predicted octanol–water partition coefficient (Wildman–Crippen LogP) is 5.83. The number of halogens is 2. The van der Waals surface area contributed by atoms with Gasteiger partial charge in [0.25, 0.3) is 10.0 Å². The smallest absolute Gasteiger partial charge is 0.264 e. The summed E-state index contributed by atoms with van der Waals surface area (Å²) in [4.78, 5) is 28.5. The first-order valence-corrected chi connectivity index (χ1v) is 14.6. The van der Waals surface area contributed by atoms with Crippen molar-refractivity contribution in [3.63, 3.8) is 0 Å². The molecule has 0 bridgehead atoms. The Morgan fingerprint density at radius 3 is 2.15 bits per heavy atom. The van der Waals surface area contributed by atoms with Gasteiger partial charge in [-0.25, -0.2) is 8.42 Å². The zero-order chi connectivity index (χ0) is 29.0. The molecule has 3 aromatic carbocycles. The van der Waals surface area contributed by atoms with E-state index in [4.69, 9.17) is 23.2 Å². The van der Waals surface area contributed by atoms with Crippen molar-refractivity contribution in [1.82, 2.24) is 10.2 Å². The summed E-state index contributed by atoms with van der Waals surface area (Å²) in [7, 11) is -4.16. The maximum Gasteiger partial charge on any atom is 0.264 e. The van der Waals surface area contributed by atoms with Crippen LogP contribution >= 0.6 is 23.2 Å². The van der Waals surface area contributed by atoms with E-state index in [-0.39, 0.29) is 17.3 Å². The number of aryl methyl sites for hydroxylation is 1. The van der Waals surface area contributed by atoms with Gasteiger partial charge in [-0.2, -0.15) is 0 Å². The van der Waals surface area contributed by atoms with Crippen molar-refractivity contribution in [2.75, 3.05) is 10.8 Å². The quantitative estimate of drug-likeness (QED) is 0.340. The lowest BCUT2D eigenvalue weighted by Crippen LogP contribution is -2.54. The molecule has 0 aromatic heterocycles. The Labute approximate surface area is 240 Å². The average molecular weight is 591 g/mol. The lowest BCUT2D eigenvalue weighted by Gasteiger charge is -2.34. The van der Waals surface area contributed by atoms with Crippen molar-refractivity contribution in [2.24, 2.45) is 0 Å². The molecule has 0 aliphatic heterocycles. The number of anilines is 1. The fourth-order valence-electron chi connectivity index (χ4n) is 4.00. The van der Waals surface area contributed by atoms with Crippen LogP contribution in [0.15, 0.2) is 77.7 Å². The van der Waals surface area contributed by atoms with Gasteiger partial charge in [0, 0.05) is 22.1 Å². The molecule has 10 heteroatoms. The number of benzene rings is 3.